The maximum absolute atomic E-state index is 15.0. The molecule has 28 heavy (non-hydrogen) atoms. The van der Waals surface area contributed by atoms with Crippen molar-refractivity contribution in [2.45, 2.75) is 6.92 Å². The minimum atomic E-state index is -1.46. The van der Waals surface area contributed by atoms with Gasteiger partial charge in [-0.3, -0.25) is 14.4 Å². The Balaban J connectivity index is 2.37. The fourth-order valence-electron chi connectivity index (χ4n) is 3.01. The third kappa shape index (κ3) is 3.03. The molecule has 0 radical (unpaired) electrons. The van der Waals surface area contributed by atoms with Gasteiger partial charge in [-0.05, 0) is 12.2 Å². The van der Waals surface area contributed by atoms with Gasteiger partial charge in [-0.2, -0.15) is 0 Å². The monoisotopic (exact) mass is 402 g/mol. The number of anilines is 1. The lowest BCUT2D eigenvalue weighted by Gasteiger charge is -2.37. The van der Waals surface area contributed by atoms with Gasteiger partial charge in [-0.25, -0.2) is 14.2 Å². The molecule has 10 heteroatoms. The number of hydrogen-bond donors (Lipinski definition) is 1. The van der Waals surface area contributed by atoms with Gasteiger partial charge >= 0.3 is 5.97 Å². The number of fused-ring (bicyclic) bond motifs is 1. The van der Waals surface area contributed by atoms with Crippen molar-refractivity contribution >= 4 is 46.0 Å². The molecule has 2 aromatic heterocycles. The number of terminal acetylenes is 1. The van der Waals surface area contributed by atoms with Crippen LogP contribution in [0.4, 0.5) is 10.2 Å². The number of aryl methyl sites for hydroxylation is 1. The van der Waals surface area contributed by atoms with Crippen LogP contribution in [0.3, 0.4) is 0 Å². The van der Waals surface area contributed by atoms with Crippen LogP contribution in [0.15, 0.2) is 16.0 Å². The largest absolute Gasteiger partial charge is 0.477 e. The van der Waals surface area contributed by atoms with Crippen molar-refractivity contribution in [3.8, 4) is 11.7 Å². The maximum Gasteiger partial charge on any atom is 0.341 e. The van der Waals surface area contributed by atoms with Crippen LogP contribution >= 0.6 is 11.8 Å². The molecule has 3 heterocycles. The van der Waals surface area contributed by atoms with Crippen molar-refractivity contribution < 1.29 is 19.1 Å². The molecule has 0 atom stereocenters. The Labute approximate surface area is 163 Å². The van der Waals surface area contributed by atoms with Gasteiger partial charge in [0.05, 0.1) is 5.39 Å². The minimum Gasteiger partial charge on any atom is -0.477 e. The summed E-state index contributed by atoms with van der Waals surface area (Å²) in [7, 11) is 1.45. The number of aliphatic imine (C=N–C) groups is 1. The number of carboxylic acid groups (broad SMARTS) is 1. The lowest BCUT2D eigenvalue weighted by atomic mass is 10.0. The van der Waals surface area contributed by atoms with Gasteiger partial charge in [-0.15, -0.1) is 6.42 Å². The van der Waals surface area contributed by atoms with Crippen molar-refractivity contribution in [3.63, 3.8) is 0 Å². The van der Waals surface area contributed by atoms with E-state index in [4.69, 9.17) is 6.42 Å². The van der Waals surface area contributed by atoms with E-state index in [9.17, 15) is 23.9 Å². The number of aromatic carboxylic acids is 1. The molecule has 144 valence electrons. The average molecular weight is 402 g/mol. The Morgan fingerprint density at radius 2 is 2.21 bits per heavy atom. The summed E-state index contributed by atoms with van der Waals surface area (Å²) < 4.78 is 16.2. The standard InChI is InChI=1S/C18H15FN4O4S/c1-4-28-18(20-3)23-7-11(17(26)27)14(25)12-9(2)13(19)16(21-15(12)23)22-5-10(6-22)8-24/h1,7-8,10H,5-6H2,2-3H3,(H,26,27)/b20-18-. The molecule has 0 aliphatic carbocycles. The highest BCUT2D eigenvalue weighted by Crippen LogP contribution is 2.30. The van der Waals surface area contributed by atoms with Crippen LogP contribution in [0.5, 0.6) is 0 Å². The number of rotatable bonds is 3. The van der Waals surface area contributed by atoms with Crippen LogP contribution in [0.25, 0.3) is 11.0 Å². The molecule has 0 amide bonds. The number of hydrogen-bond acceptors (Lipinski definition) is 7. The van der Waals surface area contributed by atoms with E-state index < -0.39 is 22.8 Å². The van der Waals surface area contributed by atoms with Crippen LogP contribution in [-0.2, 0) is 4.79 Å². The van der Waals surface area contributed by atoms with Crippen LogP contribution in [0.1, 0.15) is 15.9 Å². The second-order valence-electron chi connectivity index (χ2n) is 6.15. The summed E-state index contributed by atoms with van der Waals surface area (Å²) in [5, 5.41) is 11.8. The third-order valence-corrected chi connectivity index (χ3v) is 5.15. The topological polar surface area (TPSA) is 105 Å². The second-order valence-corrected chi connectivity index (χ2v) is 6.95. The molecule has 0 saturated carbocycles. The molecule has 1 saturated heterocycles. The Bertz CT molecular complexity index is 1130. The second kappa shape index (κ2) is 7.44. The number of aldehydes is 1. The average Bonchev–Trinajstić information content (AvgIpc) is 2.62. The summed E-state index contributed by atoms with van der Waals surface area (Å²) in [6.45, 7) is 2.00. The predicted octanol–water partition coefficient (Wildman–Crippen LogP) is 1.34. The highest BCUT2D eigenvalue weighted by atomic mass is 32.2. The molecular weight excluding hydrogens is 387 g/mol. The molecule has 0 spiro atoms. The van der Waals surface area contributed by atoms with Crippen LogP contribution < -0.4 is 10.3 Å². The molecule has 1 aliphatic rings. The summed E-state index contributed by atoms with van der Waals surface area (Å²) in [6.07, 6.45) is 7.20. The first-order chi connectivity index (χ1) is 13.3. The first kappa shape index (κ1) is 19.6. The Morgan fingerprint density at radius 1 is 1.54 bits per heavy atom. The van der Waals surface area contributed by atoms with Crippen molar-refractivity contribution in [2.24, 2.45) is 10.9 Å². The van der Waals surface area contributed by atoms with E-state index in [0.717, 1.165) is 24.2 Å². The number of carbonyl (C=O) groups is 2. The van der Waals surface area contributed by atoms with Crippen molar-refractivity contribution in [3.05, 3.63) is 33.4 Å². The first-order valence-corrected chi connectivity index (χ1v) is 8.94. The number of halogens is 1. The van der Waals surface area contributed by atoms with Gasteiger partial charge in [-0.1, -0.05) is 0 Å². The fraction of sp³-hybridized carbons (Fsp3) is 0.278. The Morgan fingerprint density at radius 3 is 2.75 bits per heavy atom. The van der Waals surface area contributed by atoms with Gasteiger partial charge in [0.1, 0.15) is 11.8 Å². The summed E-state index contributed by atoms with van der Waals surface area (Å²) >= 11 is 0.871. The van der Waals surface area contributed by atoms with Crippen LogP contribution in [0, 0.1) is 30.3 Å². The van der Waals surface area contributed by atoms with E-state index in [2.05, 4.69) is 15.2 Å². The Hall–Kier alpha value is -3.19. The number of thioether (sulfide) groups is 1. The zero-order valence-corrected chi connectivity index (χ0v) is 15.8. The maximum atomic E-state index is 15.0. The summed E-state index contributed by atoms with van der Waals surface area (Å²) in [6, 6.07) is 0. The predicted molar refractivity (Wildman–Crippen MR) is 105 cm³/mol. The van der Waals surface area contributed by atoms with Gasteiger partial charge in [0.15, 0.2) is 22.4 Å². The lowest BCUT2D eigenvalue weighted by molar-refractivity contribution is -0.111. The van der Waals surface area contributed by atoms with Gasteiger partial charge in [0.2, 0.25) is 5.43 Å². The molecule has 8 nitrogen and oxygen atoms in total. The SMILES string of the molecule is C#CS/C(=N\C)n1cc(C(=O)O)c(=O)c2c(C)c(F)c(N3CC(C=O)C3)nc21. The molecule has 1 N–H and O–H groups in total. The highest BCUT2D eigenvalue weighted by molar-refractivity contribution is 8.17. The van der Waals surface area contributed by atoms with E-state index in [0.29, 0.717) is 13.1 Å². The number of pyridine rings is 2. The zero-order chi connectivity index (χ0) is 20.6. The molecule has 3 rings (SSSR count). The summed E-state index contributed by atoms with van der Waals surface area (Å²) in [5.41, 5.74) is -1.38. The first-order valence-electron chi connectivity index (χ1n) is 8.12. The van der Waals surface area contributed by atoms with Crippen molar-refractivity contribution in [2.75, 3.05) is 25.0 Å². The van der Waals surface area contributed by atoms with Crippen molar-refractivity contribution in [1.82, 2.24) is 9.55 Å². The lowest BCUT2D eigenvalue weighted by Crippen LogP contribution is -2.48. The van der Waals surface area contributed by atoms with E-state index in [1.165, 1.54) is 18.5 Å². The normalized spacial score (nSPS) is 14.6. The summed E-state index contributed by atoms with van der Waals surface area (Å²) in [5.74, 6) is -2.41. The quantitative estimate of drug-likeness (QED) is 0.357. The fourth-order valence-corrected chi connectivity index (χ4v) is 3.45. The molecule has 0 unspecified atom stereocenters. The highest BCUT2D eigenvalue weighted by Gasteiger charge is 2.32. The van der Waals surface area contributed by atoms with Crippen LogP contribution in [-0.4, -0.2) is 52.2 Å². The van der Waals surface area contributed by atoms with Gasteiger partial charge in [0, 0.05) is 49.6 Å². The number of nitrogens with zero attached hydrogens (tertiary/aromatic N) is 4. The summed E-state index contributed by atoms with van der Waals surface area (Å²) in [4.78, 5) is 44.9. The smallest absolute Gasteiger partial charge is 0.341 e. The van der Waals surface area contributed by atoms with Gasteiger partial charge in [0.25, 0.3) is 0 Å². The Kier molecular flexibility index (Phi) is 5.20. The molecule has 0 bridgehead atoms. The van der Waals surface area contributed by atoms with Crippen LogP contribution in [0.2, 0.25) is 0 Å². The van der Waals surface area contributed by atoms with E-state index in [-0.39, 0.29) is 33.5 Å². The number of carboxylic acids is 1. The van der Waals surface area contributed by atoms with E-state index >= 15 is 0 Å². The third-order valence-electron chi connectivity index (χ3n) is 4.47. The van der Waals surface area contributed by atoms with Gasteiger partial charge < -0.3 is 14.8 Å². The van der Waals surface area contributed by atoms with E-state index in [1.807, 2.05) is 0 Å². The molecule has 2 aromatic rings. The molecule has 1 aliphatic heterocycles. The number of carbonyl (C=O) groups excluding carboxylic acids is 1. The van der Waals surface area contributed by atoms with Crippen molar-refractivity contribution in [1.29, 1.82) is 0 Å². The molecular formula is C18H15FN4O4S. The zero-order valence-electron chi connectivity index (χ0n) is 15.0. The number of aromatic nitrogens is 2. The molecule has 0 aromatic carbocycles. The van der Waals surface area contributed by atoms with E-state index in [1.54, 1.807) is 4.90 Å². The minimum absolute atomic E-state index is 0.0134. The molecule has 1 fully saturated rings.